The lowest BCUT2D eigenvalue weighted by molar-refractivity contribution is -0.145. The van der Waals surface area contributed by atoms with E-state index in [4.69, 9.17) is 9.47 Å². The van der Waals surface area contributed by atoms with Gasteiger partial charge in [-0.15, -0.1) is 0 Å². The molecular formula is C22H24N2O4S. The van der Waals surface area contributed by atoms with Crippen LogP contribution in [0.1, 0.15) is 25.0 Å². The third kappa shape index (κ3) is 6.02. The van der Waals surface area contributed by atoms with E-state index in [1.54, 1.807) is 19.1 Å². The Morgan fingerprint density at radius 3 is 2.52 bits per heavy atom. The van der Waals surface area contributed by atoms with Crippen LogP contribution in [0.3, 0.4) is 0 Å². The Morgan fingerprint density at radius 1 is 1.14 bits per heavy atom. The van der Waals surface area contributed by atoms with Crippen LogP contribution in [-0.4, -0.2) is 30.6 Å². The van der Waals surface area contributed by atoms with Crippen molar-refractivity contribution in [3.63, 3.8) is 0 Å². The molecule has 1 atom stereocenters. The van der Waals surface area contributed by atoms with Gasteiger partial charge in [0.1, 0.15) is 5.75 Å². The molecule has 2 N–H and O–H groups in total. The van der Waals surface area contributed by atoms with Gasteiger partial charge in [0.2, 0.25) is 0 Å². The second kappa shape index (κ2) is 10.0. The van der Waals surface area contributed by atoms with Crippen LogP contribution < -0.4 is 15.4 Å². The first-order valence-electron chi connectivity index (χ1n) is 9.50. The van der Waals surface area contributed by atoms with Crippen LogP contribution in [0.15, 0.2) is 53.4 Å². The van der Waals surface area contributed by atoms with Crippen molar-refractivity contribution >= 4 is 35.4 Å². The van der Waals surface area contributed by atoms with E-state index < -0.39 is 5.97 Å². The molecule has 0 spiro atoms. The number of anilines is 1. The number of aryl methyl sites for hydroxylation is 1. The highest BCUT2D eigenvalue weighted by Gasteiger charge is 2.27. The van der Waals surface area contributed by atoms with Crippen LogP contribution in [0.4, 0.5) is 5.69 Å². The number of thioether (sulfide) groups is 1. The number of carbonyl (C=O) groups excluding carboxylic acids is 2. The van der Waals surface area contributed by atoms with E-state index in [2.05, 4.69) is 29.7 Å². The molecule has 2 aromatic carbocycles. The Hall–Kier alpha value is -2.93. The van der Waals surface area contributed by atoms with Crippen molar-refractivity contribution in [2.24, 2.45) is 0 Å². The van der Waals surface area contributed by atoms with Crippen LogP contribution in [0.25, 0.3) is 6.08 Å². The number of amides is 1. The SMILES string of the molecule is CCOC(=O)COc1ccc(/C=C2\S[C@H](Nc3ccc(CC)cc3)NC2=O)cc1. The molecule has 0 saturated carbocycles. The Kier molecular flexibility index (Phi) is 7.19. The fourth-order valence-corrected chi connectivity index (χ4v) is 3.69. The highest BCUT2D eigenvalue weighted by Crippen LogP contribution is 2.30. The smallest absolute Gasteiger partial charge is 0.344 e. The van der Waals surface area contributed by atoms with Crippen LogP contribution >= 0.6 is 11.8 Å². The van der Waals surface area contributed by atoms with Gasteiger partial charge in [0.05, 0.1) is 11.5 Å². The van der Waals surface area contributed by atoms with Crippen molar-refractivity contribution in [1.82, 2.24) is 5.32 Å². The first-order valence-corrected chi connectivity index (χ1v) is 10.4. The molecule has 7 heteroatoms. The summed E-state index contributed by atoms with van der Waals surface area (Å²) >= 11 is 1.44. The molecule has 3 rings (SSSR count). The minimum absolute atomic E-state index is 0.111. The second-order valence-electron chi connectivity index (χ2n) is 6.34. The molecule has 0 aliphatic carbocycles. The van der Waals surface area contributed by atoms with Crippen molar-refractivity contribution in [3.05, 3.63) is 64.6 Å². The number of ether oxygens (including phenoxy) is 2. The molecule has 152 valence electrons. The van der Waals surface area contributed by atoms with Crippen LogP contribution in [-0.2, 0) is 20.7 Å². The lowest BCUT2D eigenvalue weighted by Crippen LogP contribution is -2.30. The van der Waals surface area contributed by atoms with E-state index in [-0.39, 0.29) is 18.0 Å². The third-order valence-corrected chi connectivity index (χ3v) is 5.26. The number of esters is 1. The molecule has 29 heavy (non-hydrogen) atoms. The first-order chi connectivity index (χ1) is 14.1. The molecule has 1 aliphatic heterocycles. The van der Waals surface area contributed by atoms with Gasteiger partial charge in [-0.05, 0) is 54.8 Å². The molecular weight excluding hydrogens is 388 g/mol. The number of rotatable bonds is 8. The molecule has 0 bridgehead atoms. The molecule has 1 fully saturated rings. The average Bonchev–Trinajstić information content (AvgIpc) is 3.07. The van der Waals surface area contributed by atoms with Gasteiger partial charge < -0.3 is 20.1 Å². The number of hydrogen-bond donors (Lipinski definition) is 2. The normalized spacial score (nSPS) is 17.1. The summed E-state index contributed by atoms with van der Waals surface area (Å²) in [6.07, 6.45) is 2.83. The molecule has 1 amide bonds. The second-order valence-corrected chi connectivity index (χ2v) is 7.48. The first kappa shape index (κ1) is 20.8. The summed E-state index contributed by atoms with van der Waals surface area (Å²) in [5.41, 5.74) is 2.89. The maximum Gasteiger partial charge on any atom is 0.344 e. The van der Waals surface area contributed by atoms with Crippen molar-refractivity contribution < 1.29 is 19.1 Å². The molecule has 1 saturated heterocycles. The van der Waals surface area contributed by atoms with Crippen LogP contribution in [0, 0.1) is 0 Å². The molecule has 6 nitrogen and oxygen atoms in total. The van der Waals surface area contributed by atoms with Crippen LogP contribution in [0.5, 0.6) is 5.75 Å². The van der Waals surface area contributed by atoms with Gasteiger partial charge in [-0.2, -0.15) is 0 Å². The predicted molar refractivity (Wildman–Crippen MR) is 116 cm³/mol. The quantitative estimate of drug-likeness (QED) is 0.507. The highest BCUT2D eigenvalue weighted by molar-refractivity contribution is 8.05. The van der Waals surface area contributed by atoms with E-state index in [1.807, 2.05) is 30.3 Å². The van der Waals surface area contributed by atoms with Crippen molar-refractivity contribution in [2.75, 3.05) is 18.5 Å². The maximum absolute atomic E-state index is 12.3. The average molecular weight is 413 g/mol. The third-order valence-electron chi connectivity index (χ3n) is 4.23. The lowest BCUT2D eigenvalue weighted by Gasteiger charge is -2.12. The predicted octanol–water partition coefficient (Wildman–Crippen LogP) is 3.79. The minimum Gasteiger partial charge on any atom is -0.482 e. The summed E-state index contributed by atoms with van der Waals surface area (Å²) < 4.78 is 10.2. The number of nitrogens with one attached hydrogen (secondary N) is 2. The molecule has 1 heterocycles. The van der Waals surface area contributed by atoms with Crippen molar-refractivity contribution in [1.29, 1.82) is 0 Å². The summed E-state index contributed by atoms with van der Waals surface area (Å²) in [4.78, 5) is 24.2. The van der Waals surface area contributed by atoms with E-state index in [1.165, 1.54) is 17.3 Å². The van der Waals surface area contributed by atoms with Gasteiger partial charge in [-0.1, -0.05) is 43.0 Å². The summed E-state index contributed by atoms with van der Waals surface area (Å²) in [5.74, 6) is 0.0553. The zero-order valence-electron chi connectivity index (χ0n) is 16.4. The zero-order chi connectivity index (χ0) is 20.6. The van der Waals surface area contributed by atoms with E-state index in [9.17, 15) is 9.59 Å². The monoisotopic (exact) mass is 412 g/mol. The van der Waals surface area contributed by atoms with Crippen molar-refractivity contribution in [2.45, 2.75) is 25.8 Å². The van der Waals surface area contributed by atoms with Gasteiger partial charge in [0, 0.05) is 5.69 Å². The van der Waals surface area contributed by atoms with Gasteiger partial charge >= 0.3 is 5.97 Å². The van der Waals surface area contributed by atoms with E-state index in [0.29, 0.717) is 17.3 Å². The summed E-state index contributed by atoms with van der Waals surface area (Å²) in [6, 6.07) is 15.4. The van der Waals surface area contributed by atoms with Gasteiger partial charge in [-0.3, -0.25) is 4.79 Å². The summed E-state index contributed by atoms with van der Waals surface area (Å²) in [7, 11) is 0. The van der Waals surface area contributed by atoms with Crippen molar-refractivity contribution in [3.8, 4) is 5.75 Å². The maximum atomic E-state index is 12.3. The molecule has 1 aliphatic rings. The minimum atomic E-state index is -0.402. The Labute approximate surface area is 174 Å². The fraction of sp³-hybridized carbons (Fsp3) is 0.273. The number of benzene rings is 2. The van der Waals surface area contributed by atoms with E-state index in [0.717, 1.165) is 17.7 Å². The van der Waals surface area contributed by atoms with Crippen LogP contribution in [0.2, 0.25) is 0 Å². The highest BCUT2D eigenvalue weighted by atomic mass is 32.2. The number of carbonyl (C=O) groups is 2. The summed E-state index contributed by atoms with van der Waals surface area (Å²) in [5, 5.41) is 6.24. The van der Waals surface area contributed by atoms with E-state index >= 15 is 0 Å². The molecule has 0 radical (unpaired) electrons. The topological polar surface area (TPSA) is 76.7 Å². The van der Waals surface area contributed by atoms with Gasteiger partial charge in [-0.25, -0.2) is 4.79 Å². The summed E-state index contributed by atoms with van der Waals surface area (Å²) in [6.45, 7) is 4.07. The zero-order valence-corrected chi connectivity index (χ0v) is 17.3. The fourth-order valence-electron chi connectivity index (χ4n) is 2.71. The van der Waals surface area contributed by atoms with Gasteiger partial charge in [0.25, 0.3) is 5.91 Å². The Bertz CT molecular complexity index is 879. The lowest BCUT2D eigenvalue weighted by atomic mass is 10.1. The molecule has 0 aromatic heterocycles. The molecule has 2 aromatic rings. The van der Waals surface area contributed by atoms with Gasteiger partial charge in [0.15, 0.2) is 12.1 Å². The Morgan fingerprint density at radius 2 is 1.86 bits per heavy atom. The Balaban J connectivity index is 1.57. The number of hydrogen-bond acceptors (Lipinski definition) is 6. The molecule has 0 unspecified atom stereocenters. The standard InChI is InChI=1S/C22H24N2O4S/c1-3-15-5-9-17(10-6-15)23-22-24-21(26)19(29-22)13-16-7-11-18(12-8-16)28-14-20(25)27-4-2/h5-13,22-23H,3-4,14H2,1-2H3,(H,24,26)/b19-13-/t22-/m1/s1. The largest absolute Gasteiger partial charge is 0.482 e.